The van der Waals surface area contributed by atoms with Crippen LogP contribution >= 0.6 is 0 Å². The molecule has 1 N–H and O–H groups in total. The van der Waals surface area contributed by atoms with E-state index in [-0.39, 0.29) is 11.2 Å². The molecule has 13 heavy (non-hydrogen) atoms. The van der Waals surface area contributed by atoms with Gasteiger partial charge in [-0.15, -0.1) is 0 Å². The molecule has 0 amide bonds. The van der Waals surface area contributed by atoms with Crippen LogP contribution in [0.3, 0.4) is 0 Å². The molecule has 2 heteroatoms. The number of phenolic OH excluding ortho intramolecular Hbond substituents is 1. The molecule has 0 atom stereocenters. The lowest BCUT2D eigenvalue weighted by molar-refractivity contribution is 0.474. The molecule has 0 bridgehead atoms. The van der Waals surface area contributed by atoms with Crippen LogP contribution in [0.15, 0.2) is 18.2 Å². The highest BCUT2D eigenvalue weighted by atomic mass is 16.3. The second-order valence-electron chi connectivity index (χ2n) is 4.06. The summed E-state index contributed by atoms with van der Waals surface area (Å²) >= 11 is 0. The minimum absolute atomic E-state index is 0.0480. The highest BCUT2D eigenvalue weighted by Crippen LogP contribution is 2.33. The van der Waals surface area contributed by atoms with E-state index in [0.717, 1.165) is 5.56 Å². The second kappa shape index (κ2) is 3.10. The van der Waals surface area contributed by atoms with Crippen molar-refractivity contribution in [3.8, 4) is 5.75 Å². The fourth-order valence-electron chi connectivity index (χ4n) is 1.25. The lowest BCUT2D eigenvalue weighted by Crippen LogP contribution is -2.10. The van der Waals surface area contributed by atoms with Crippen molar-refractivity contribution in [1.82, 2.24) is 0 Å². The van der Waals surface area contributed by atoms with Crippen molar-refractivity contribution in [2.75, 3.05) is 0 Å². The molecule has 0 heterocycles. The van der Waals surface area contributed by atoms with E-state index < -0.39 is 0 Å². The van der Waals surface area contributed by atoms with Gasteiger partial charge in [0.05, 0.1) is 6.57 Å². The molecular weight excluding hydrogens is 162 g/mol. The van der Waals surface area contributed by atoms with Crippen molar-refractivity contribution in [2.24, 2.45) is 0 Å². The normalized spacial score (nSPS) is 10.9. The number of phenols is 1. The predicted molar refractivity (Wildman–Crippen MR) is 53.1 cm³/mol. The van der Waals surface area contributed by atoms with Crippen LogP contribution in [0.1, 0.15) is 26.3 Å². The van der Waals surface area contributed by atoms with Crippen molar-refractivity contribution in [1.29, 1.82) is 0 Å². The first kappa shape index (κ1) is 9.60. The third-order valence-electron chi connectivity index (χ3n) is 1.91. The summed E-state index contributed by atoms with van der Waals surface area (Å²) in [5.74, 6) is 0.152. The zero-order valence-electron chi connectivity index (χ0n) is 8.13. The Morgan fingerprint density at radius 3 is 2.38 bits per heavy atom. The van der Waals surface area contributed by atoms with Crippen molar-refractivity contribution in [2.45, 2.75) is 26.2 Å². The standard InChI is InChI=1S/C11H13NO/c1-11(2,3)9-6-5-8(13)7-10(9)12-4/h5-7,13H,1-3H3. The molecule has 0 saturated heterocycles. The number of hydrogen-bond acceptors (Lipinski definition) is 1. The van der Waals surface area contributed by atoms with E-state index in [1.165, 1.54) is 6.07 Å². The van der Waals surface area contributed by atoms with Crippen LogP contribution in [0, 0.1) is 6.57 Å². The number of benzene rings is 1. The van der Waals surface area contributed by atoms with Gasteiger partial charge in [-0.05, 0) is 23.1 Å². The Morgan fingerprint density at radius 2 is 1.92 bits per heavy atom. The molecule has 0 aliphatic rings. The van der Waals surface area contributed by atoms with E-state index in [4.69, 9.17) is 6.57 Å². The summed E-state index contributed by atoms with van der Waals surface area (Å²) in [6, 6.07) is 4.94. The van der Waals surface area contributed by atoms with Gasteiger partial charge in [0.25, 0.3) is 0 Å². The molecule has 0 saturated carbocycles. The van der Waals surface area contributed by atoms with Gasteiger partial charge in [0.15, 0.2) is 5.69 Å². The van der Waals surface area contributed by atoms with Gasteiger partial charge in [0.2, 0.25) is 0 Å². The summed E-state index contributed by atoms with van der Waals surface area (Å²) < 4.78 is 0. The highest BCUT2D eigenvalue weighted by Gasteiger charge is 2.17. The number of aromatic hydroxyl groups is 1. The van der Waals surface area contributed by atoms with E-state index in [2.05, 4.69) is 4.85 Å². The third-order valence-corrected chi connectivity index (χ3v) is 1.91. The maximum absolute atomic E-state index is 9.19. The number of hydrogen-bond donors (Lipinski definition) is 1. The largest absolute Gasteiger partial charge is 0.509 e. The fraction of sp³-hybridized carbons (Fsp3) is 0.364. The van der Waals surface area contributed by atoms with Crippen LogP contribution < -0.4 is 0 Å². The zero-order valence-corrected chi connectivity index (χ0v) is 8.13. The molecule has 0 fully saturated rings. The minimum Gasteiger partial charge on any atom is -0.509 e. The van der Waals surface area contributed by atoms with E-state index in [1.54, 1.807) is 6.07 Å². The molecule has 0 radical (unpaired) electrons. The van der Waals surface area contributed by atoms with Crippen LogP contribution in [-0.2, 0) is 5.41 Å². The van der Waals surface area contributed by atoms with Crippen molar-refractivity contribution < 1.29 is 5.11 Å². The van der Waals surface area contributed by atoms with Gasteiger partial charge in [-0.25, -0.2) is 4.85 Å². The summed E-state index contributed by atoms with van der Waals surface area (Å²) in [4.78, 5) is 3.39. The molecule has 0 aliphatic heterocycles. The van der Waals surface area contributed by atoms with Crippen LogP contribution in [0.2, 0.25) is 0 Å². The first-order chi connectivity index (χ1) is 5.95. The SMILES string of the molecule is [C-]#[N+]c1cc(O)ccc1C(C)(C)C. The number of nitrogens with zero attached hydrogens (tertiary/aromatic N) is 1. The summed E-state index contributed by atoms with van der Waals surface area (Å²) in [7, 11) is 0. The molecule has 1 rings (SSSR count). The molecule has 0 spiro atoms. The van der Waals surface area contributed by atoms with Gasteiger partial charge in [0, 0.05) is 0 Å². The highest BCUT2D eigenvalue weighted by molar-refractivity contribution is 5.58. The zero-order chi connectivity index (χ0) is 10.1. The number of rotatable bonds is 0. The molecule has 0 aromatic heterocycles. The van der Waals surface area contributed by atoms with Crippen molar-refractivity contribution in [3.05, 3.63) is 35.2 Å². The minimum atomic E-state index is -0.0480. The molecular formula is C11H13NO. The quantitative estimate of drug-likeness (QED) is 0.601. The molecule has 68 valence electrons. The summed E-state index contributed by atoms with van der Waals surface area (Å²) in [6.07, 6.45) is 0. The molecule has 2 nitrogen and oxygen atoms in total. The van der Waals surface area contributed by atoms with Gasteiger partial charge in [0.1, 0.15) is 5.75 Å². The molecule has 1 aromatic rings. The van der Waals surface area contributed by atoms with Crippen LogP contribution in [0.4, 0.5) is 5.69 Å². The molecule has 1 aromatic carbocycles. The Bertz CT molecular complexity index is 355. The van der Waals surface area contributed by atoms with Gasteiger partial charge in [-0.1, -0.05) is 26.8 Å². The van der Waals surface area contributed by atoms with Crippen LogP contribution in [0.5, 0.6) is 5.75 Å². The maximum Gasteiger partial charge on any atom is 0.194 e. The maximum atomic E-state index is 9.19. The Kier molecular flexibility index (Phi) is 2.29. The fourth-order valence-corrected chi connectivity index (χ4v) is 1.25. The van der Waals surface area contributed by atoms with E-state index in [1.807, 2.05) is 26.8 Å². The summed E-state index contributed by atoms with van der Waals surface area (Å²) in [6.45, 7) is 13.1. The van der Waals surface area contributed by atoms with Gasteiger partial charge >= 0.3 is 0 Å². The van der Waals surface area contributed by atoms with Gasteiger partial charge < -0.3 is 5.11 Å². The topological polar surface area (TPSA) is 24.6 Å². The van der Waals surface area contributed by atoms with Crippen molar-refractivity contribution in [3.63, 3.8) is 0 Å². The monoisotopic (exact) mass is 175 g/mol. The van der Waals surface area contributed by atoms with Crippen LogP contribution in [-0.4, -0.2) is 5.11 Å². The summed E-state index contributed by atoms with van der Waals surface area (Å²) in [5.41, 5.74) is 1.46. The lowest BCUT2D eigenvalue weighted by Gasteiger charge is -2.20. The Morgan fingerprint density at radius 1 is 1.31 bits per heavy atom. The van der Waals surface area contributed by atoms with E-state index in [0.29, 0.717) is 5.69 Å². The van der Waals surface area contributed by atoms with Crippen molar-refractivity contribution >= 4 is 5.69 Å². The Hall–Kier alpha value is -1.49. The molecule has 0 aliphatic carbocycles. The van der Waals surface area contributed by atoms with Crippen LogP contribution in [0.25, 0.3) is 4.85 Å². The van der Waals surface area contributed by atoms with E-state index in [9.17, 15) is 5.11 Å². The average Bonchev–Trinajstić information content (AvgIpc) is 2.01. The van der Waals surface area contributed by atoms with Gasteiger partial charge in [-0.2, -0.15) is 0 Å². The second-order valence-corrected chi connectivity index (χ2v) is 4.06. The van der Waals surface area contributed by atoms with E-state index >= 15 is 0 Å². The summed E-state index contributed by atoms with van der Waals surface area (Å²) in [5, 5.41) is 9.19. The predicted octanol–water partition coefficient (Wildman–Crippen LogP) is 3.24. The van der Waals surface area contributed by atoms with Gasteiger partial charge in [-0.3, -0.25) is 0 Å². The first-order valence-electron chi connectivity index (χ1n) is 4.16. The molecule has 0 unspecified atom stereocenters. The average molecular weight is 175 g/mol. The Labute approximate surface area is 78.7 Å². The Balaban J connectivity index is 3.32. The lowest BCUT2D eigenvalue weighted by atomic mass is 9.86. The smallest absolute Gasteiger partial charge is 0.194 e. The third kappa shape index (κ3) is 2.00. The first-order valence-corrected chi connectivity index (χ1v) is 4.16.